The van der Waals surface area contributed by atoms with E-state index in [4.69, 9.17) is 9.47 Å². The molecule has 2 unspecified atom stereocenters. The van der Waals surface area contributed by atoms with Gasteiger partial charge in [-0.1, -0.05) is 0 Å². The second kappa shape index (κ2) is 5.66. The molecule has 0 aliphatic carbocycles. The van der Waals surface area contributed by atoms with Crippen LogP contribution in [-0.4, -0.2) is 61.7 Å². The molecule has 0 saturated carbocycles. The van der Waals surface area contributed by atoms with Gasteiger partial charge in [-0.2, -0.15) is 0 Å². The van der Waals surface area contributed by atoms with Crippen LogP contribution in [-0.2, 0) is 9.47 Å². The molecule has 1 aliphatic rings. The van der Waals surface area contributed by atoms with E-state index in [0.29, 0.717) is 13.2 Å². The first kappa shape index (κ1) is 11.9. The van der Waals surface area contributed by atoms with Crippen molar-refractivity contribution in [2.75, 3.05) is 33.4 Å². The number of morpholine rings is 1. The van der Waals surface area contributed by atoms with Crippen molar-refractivity contribution in [3.8, 4) is 0 Å². The fourth-order valence-corrected chi connectivity index (χ4v) is 1.44. The van der Waals surface area contributed by atoms with Gasteiger partial charge in [-0.25, -0.2) is 0 Å². The van der Waals surface area contributed by atoms with E-state index in [1.54, 1.807) is 0 Å². The molecule has 1 N–H and O–H groups in total. The monoisotopic (exact) mass is 203 g/mol. The minimum atomic E-state index is -0.514. The molecule has 0 spiro atoms. The van der Waals surface area contributed by atoms with Crippen molar-refractivity contribution in [3.63, 3.8) is 0 Å². The highest BCUT2D eigenvalue weighted by Crippen LogP contribution is 2.08. The predicted molar refractivity (Wildman–Crippen MR) is 54.3 cm³/mol. The molecule has 1 saturated heterocycles. The number of nitrogens with zero attached hydrogens (tertiary/aromatic N) is 1. The lowest BCUT2D eigenvalue weighted by Gasteiger charge is -2.33. The van der Waals surface area contributed by atoms with Crippen LogP contribution in [0.2, 0.25) is 0 Å². The number of aliphatic hydroxyl groups excluding tert-OH is 1. The lowest BCUT2D eigenvalue weighted by Crippen LogP contribution is -2.47. The van der Waals surface area contributed by atoms with E-state index in [0.717, 1.165) is 13.1 Å². The van der Waals surface area contributed by atoms with Crippen molar-refractivity contribution >= 4 is 0 Å². The maximum Gasteiger partial charge on any atom is 0.105 e. The SMILES string of the molecule is CC(C)OCC(O)C1CN(C)CCO1. The van der Waals surface area contributed by atoms with Gasteiger partial charge in [-0.15, -0.1) is 0 Å². The van der Waals surface area contributed by atoms with Gasteiger partial charge in [-0.3, -0.25) is 0 Å². The first-order valence-corrected chi connectivity index (χ1v) is 5.19. The van der Waals surface area contributed by atoms with E-state index in [1.165, 1.54) is 0 Å². The van der Waals surface area contributed by atoms with Crippen molar-refractivity contribution < 1.29 is 14.6 Å². The van der Waals surface area contributed by atoms with Gasteiger partial charge in [-0.05, 0) is 20.9 Å². The third-order valence-electron chi connectivity index (χ3n) is 2.33. The van der Waals surface area contributed by atoms with E-state index in [1.807, 2.05) is 20.9 Å². The zero-order valence-corrected chi connectivity index (χ0v) is 9.27. The molecule has 1 fully saturated rings. The molecule has 0 amide bonds. The number of aliphatic hydroxyl groups is 1. The van der Waals surface area contributed by atoms with Gasteiger partial charge in [0.05, 0.1) is 25.4 Å². The Balaban J connectivity index is 2.25. The summed E-state index contributed by atoms with van der Waals surface area (Å²) < 4.78 is 10.8. The normalized spacial score (nSPS) is 26.8. The Bertz CT molecular complexity index is 163. The fourth-order valence-electron chi connectivity index (χ4n) is 1.44. The standard InChI is InChI=1S/C10H21NO3/c1-8(2)14-7-9(12)10-6-11(3)4-5-13-10/h8-10,12H,4-7H2,1-3H3. The first-order chi connectivity index (χ1) is 6.59. The molecule has 84 valence electrons. The first-order valence-electron chi connectivity index (χ1n) is 5.19. The summed E-state index contributed by atoms with van der Waals surface area (Å²) in [6, 6.07) is 0. The van der Waals surface area contributed by atoms with Crippen LogP contribution in [0.1, 0.15) is 13.8 Å². The van der Waals surface area contributed by atoms with Crippen LogP contribution in [0.25, 0.3) is 0 Å². The number of ether oxygens (including phenoxy) is 2. The molecule has 0 aromatic rings. The Hall–Kier alpha value is -0.160. The number of hydrogen-bond donors (Lipinski definition) is 1. The van der Waals surface area contributed by atoms with Crippen molar-refractivity contribution in [1.82, 2.24) is 4.90 Å². The largest absolute Gasteiger partial charge is 0.388 e. The Kier molecular flexibility index (Phi) is 4.81. The minimum absolute atomic E-state index is 0.104. The van der Waals surface area contributed by atoms with Gasteiger partial charge in [0, 0.05) is 13.1 Å². The summed E-state index contributed by atoms with van der Waals surface area (Å²) in [7, 11) is 2.03. The lowest BCUT2D eigenvalue weighted by atomic mass is 10.2. The van der Waals surface area contributed by atoms with Gasteiger partial charge in [0.15, 0.2) is 0 Å². The van der Waals surface area contributed by atoms with Crippen molar-refractivity contribution in [2.45, 2.75) is 32.2 Å². The second-order valence-electron chi connectivity index (χ2n) is 4.12. The summed E-state index contributed by atoms with van der Waals surface area (Å²) in [4.78, 5) is 2.16. The molecule has 14 heavy (non-hydrogen) atoms. The Morgan fingerprint density at radius 2 is 2.29 bits per heavy atom. The topological polar surface area (TPSA) is 41.9 Å². The maximum atomic E-state index is 9.76. The van der Waals surface area contributed by atoms with Crippen molar-refractivity contribution in [2.24, 2.45) is 0 Å². The zero-order chi connectivity index (χ0) is 10.6. The molecule has 0 bridgehead atoms. The average molecular weight is 203 g/mol. The molecule has 4 heteroatoms. The van der Waals surface area contributed by atoms with Crippen molar-refractivity contribution in [1.29, 1.82) is 0 Å². The van der Waals surface area contributed by atoms with Crippen LogP contribution in [0.3, 0.4) is 0 Å². The highest BCUT2D eigenvalue weighted by molar-refractivity contribution is 4.75. The second-order valence-corrected chi connectivity index (χ2v) is 4.12. The summed E-state index contributed by atoms with van der Waals surface area (Å²) >= 11 is 0. The third kappa shape index (κ3) is 3.92. The molecule has 1 aliphatic heterocycles. The summed E-state index contributed by atoms with van der Waals surface area (Å²) in [6.07, 6.45) is -0.460. The van der Waals surface area contributed by atoms with Crippen LogP contribution in [0.4, 0.5) is 0 Å². The molecule has 0 aromatic carbocycles. The molecule has 1 heterocycles. The van der Waals surface area contributed by atoms with E-state index in [9.17, 15) is 5.11 Å². The predicted octanol–water partition coefficient (Wildman–Crippen LogP) is 0.103. The lowest BCUT2D eigenvalue weighted by molar-refractivity contribution is -0.111. The Morgan fingerprint density at radius 3 is 2.86 bits per heavy atom. The van der Waals surface area contributed by atoms with Crippen LogP contribution in [0.15, 0.2) is 0 Å². The number of rotatable bonds is 4. The fraction of sp³-hybridized carbons (Fsp3) is 1.00. The summed E-state index contributed by atoms with van der Waals surface area (Å²) in [6.45, 7) is 6.69. The molecule has 2 atom stereocenters. The number of hydrogen-bond acceptors (Lipinski definition) is 4. The Morgan fingerprint density at radius 1 is 1.57 bits per heavy atom. The van der Waals surface area contributed by atoms with Gasteiger partial charge in [0.25, 0.3) is 0 Å². The highest BCUT2D eigenvalue weighted by Gasteiger charge is 2.25. The average Bonchev–Trinajstić information content (AvgIpc) is 2.14. The van der Waals surface area contributed by atoms with Gasteiger partial charge < -0.3 is 19.5 Å². The summed E-state index contributed by atoms with van der Waals surface area (Å²) in [5.74, 6) is 0. The summed E-state index contributed by atoms with van der Waals surface area (Å²) in [5, 5.41) is 9.76. The van der Waals surface area contributed by atoms with Gasteiger partial charge >= 0.3 is 0 Å². The quantitative estimate of drug-likeness (QED) is 0.704. The van der Waals surface area contributed by atoms with E-state index < -0.39 is 6.10 Å². The van der Waals surface area contributed by atoms with Gasteiger partial charge in [0.2, 0.25) is 0 Å². The van der Waals surface area contributed by atoms with Crippen LogP contribution < -0.4 is 0 Å². The Labute approximate surface area is 85.8 Å². The minimum Gasteiger partial charge on any atom is -0.388 e. The molecule has 0 aromatic heterocycles. The molecular weight excluding hydrogens is 182 g/mol. The smallest absolute Gasteiger partial charge is 0.105 e. The van der Waals surface area contributed by atoms with E-state index >= 15 is 0 Å². The molecule has 1 rings (SSSR count). The maximum absolute atomic E-state index is 9.76. The molecule has 4 nitrogen and oxygen atoms in total. The third-order valence-corrected chi connectivity index (χ3v) is 2.33. The molecule has 0 radical (unpaired) electrons. The molecular formula is C10H21NO3. The van der Waals surface area contributed by atoms with Crippen molar-refractivity contribution in [3.05, 3.63) is 0 Å². The van der Waals surface area contributed by atoms with E-state index in [-0.39, 0.29) is 12.2 Å². The van der Waals surface area contributed by atoms with Crippen LogP contribution in [0.5, 0.6) is 0 Å². The highest BCUT2D eigenvalue weighted by atomic mass is 16.5. The summed E-state index contributed by atoms with van der Waals surface area (Å²) in [5.41, 5.74) is 0. The zero-order valence-electron chi connectivity index (χ0n) is 9.27. The van der Waals surface area contributed by atoms with Crippen LogP contribution >= 0.6 is 0 Å². The number of likely N-dealkylation sites (N-methyl/N-ethyl adjacent to an activating group) is 1. The van der Waals surface area contributed by atoms with E-state index in [2.05, 4.69) is 4.90 Å². The van der Waals surface area contributed by atoms with Crippen LogP contribution in [0, 0.1) is 0 Å². The van der Waals surface area contributed by atoms with Gasteiger partial charge in [0.1, 0.15) is 6.10 Å².